The topological polar surface area (TPSA) is 27.7 Å². The van der Waals surface area contributed by atoms with Crippen LogP contribution in [0, 0.1) is 0 Å². The summed E-state index contributed by atoms with van der Waals surface area (Å²) in [4.78, 5) is 11.0. The number of hydroxylamine groups is 1. The molecule has 4 heteroatoms. The second-order valence-electron chi connectivity index (χ2n) is 8.95. The largest absolute Gasteiger partial charge is 0.301 e. The minimum atomic E-state index is 0.155. The minimum absolute atomic E-state index is 0.155. The van der Waals surface area contributed by atoms with Crippen molar-refractivity contribution in [1.29, 1.82) is 0 Å². The first-order valence-corrected chi connectivity index (χ1v) is 12.1. The van der Waals surface area contributed by atoms with Gasteiger partial charge in [0.2, 0.25) is 0 Å². The predicted molar refractivity (Wildman–Crippen MR) is 134 cm³/mol. The molecule has 5 rings (SSSR count). The van der Waals surface area contributed by atoms with Crippen LogP contribution in [0.15, 0.2) is 97.1 Å². The molecule has 2 aliphatic rings. The van der Waals surface area contributed by atoms with Crippen molar-refractivity contribution in [1.82, 2.24) is 15.3 Å². The number of hydrogen-bond acceptors (Lipinski definition) is 4. The second kappa shape index (κ2) is 10.8. The zero-order valence-electron chi connectivity index (χ0n) is 19.1. The molecule has 2 heterocycles. The van der Waals surface area contributed by atoms with Gasteiger partial charge in [-0.05, 0) is 42.2 Å². The van der Waals surface area contributed by atoms with Gasteiger partial charge < -0.3 is 4.90 Å². The van der Waals surface area contributed by atoms with Gasteiger partial charge in [0.05, 0.1) is 11.7 Å². The quantitative estimate of drug-likeness (QED) is 0.527. The van der Waals surface area contributed by atoms with Crippen LogP contribution in [0.5, 0.6) is 0 Å². The molecule has 0 saturated carbocycles. The Morgan fingerprint density at radius 1 is 0.758 bits per heavy atom. The Hall–Kier alpha value is -2.92. The first-order valence-electron chi connectivity index (χ1n) is 12.1. The van der Waals surface area contributed by atoms with Gasteiger partial charge in [-0.25, -0.2) is 0 Å². The fourth-order valence-electron chi connectivity index (χ4n) is 4.95. The maximum atomic E-state index is 5.79. The van der Waals surface area contributed by atoms with Gasteiger partial charge in [0.25, 0.3) is 0 Å². The standard InChI is InChI=1S/C29H33N3O/c1-4-11-24(12-5-1)28-23-27(33-30-28)17-10-18-31-19-21-32(22-20-31)29(25-13-6-2-7-14-25)26-15-8-3-9-16-26/h1-9,11-16,23,27,29-30H,10,17-22H2. The molecule has 0 bridgehead atoms. The molecule has 3 aromatic rings. The summed E-state index contributed by atoms with van der Waals surface area (Å²) in [6.45, 7) is 5.54. The average molecular weight is 440 g/mol. The number of nitrogens with zero attached hydrogens (tertiary/aromatic N) is 2. The highest BCUT2D eigenvalue weighted by Crippen LogP contribution is 2.29. The molecule has 3 aromatic carbocycles. The zero-order valence-corrected chi connectivity index (χ0v) is 19.1. The fraction of sp³-hybridized carbons (Fsp3) is 0.310. The van der Waals surface area contributed by atoms with E-state index in [4.69, 9.17) is 4.84 Å². The summed E-state index contributed by atoms with van der Waals surface area (Å²) >= 11 is 0. The summed E-state index contributed by atoms with van der Waals surface area (Å²) in [5.41, 5.74) is 8.13. The lowest BCUT2D eigenvalue weighted by Gasteiger charge is -2.40. The van der Waals surface area contributed by atoms with Crippen molar-refractivity contribution in [3.63, 3.8) is 0 Å². The molecule has 1 N–H and O–H groups in total. The maximum absolute atomic E-state index is 5.79. The predicted octanol–water partition coefficient (Wildman–Crippen LogP) is 5.12. The molecule has 0 aromatic heterocycles. The van der Waals surface area contributed by atoms with Crippen LogP contribution in [-0.2, 0) is 4.84 Å². The highest BCUT2D eigenvalue weighted by atomic mass is 16.7. The van der Waals surface area contributed by atoms with Crippen molar-refractivity contribution in [2.24, 2.45) is 0 Å². The first-order chi connectivity index (χ1) is 16.4. The SMILES string of the molecule is C1=C(c2ccccc2)NOC1CCCN1CCN(C(c2ccccc2)c2ccccc2)CC1. The van der Waals surface area contributed by atoms with Gasteiger partial charge >= 0.3 is 0 Å². The van der Waals surface area contributed by atoms with Gasteiger partial charge in [0, 0.05) is 26.2 Å². The molecule has 0 aliphatic carbocycles. The Morgan fingerprint density at radius 3 is 1.94 bits per heavy atom. The van der Waals surface area contributed by atoms with Crippen LogP contribution in [0.3, 0.4) is 0 Å². The second-order valence-corrected chi connectivity index (χ2v) is 8.95. The van der Waals surface area contributed by atoms with Crippen molar-refractivity contribution in [3.8, 4) is 0 Å². The van der Waals surface area contributed by atoms with E-state index in [0.717, 1.165) is 51.3 Å². The summed E-state index contributed by atoms with van der Waals surface area (Å²) in [5.74, 6) is 0. The van der Waals surface area contributed by atoms with E-state index < -0.39 is 0 Å². The van der Waals surface area contributed by atoms with Crippen molar-refractivity contribution < 1.29 is 4.84 Å². The van der Waals surface area contributed by atoms with Gasteiger partial charge in [0.1, 0.15) is 6.10 Å². The molecule has 0 amide bonds. The van der Waals surface area contributed by atoms with Crippen LogP contribution in [0.25, 0.3) is 5.70 Å². The Balaban J connectivity index is 1.12. The van der Waals surface area contributed by atoms with E-state index in [2.05, 4.69) is 106 Å². The number of nitrogens with one attached hydrogen (secondary N) is 1. The molecule has 1 saturated heterocycles. The van der Waals surface area contributed by atoms with Crippen LogP contribution < -0.4 is 5.48 Å². The number of benzene rings is 3. The molecule has 1 unspecified atom stereocenters. The Morgan fingerprint density at radius 2 is 1.33 bits per heavy atom. The molecule has 1 fully saturated rings. The van der Waals surface area contributed by atoms with E-state index in [-0.39, 0.29) is 6.10 Å². The summed E-state index contributed by atoms with van der Waals surface area (Å²) in [6.07, 6.45) is 4.56. The Kier molecular flexibility index (Phi) is 7.17. The summed E-state index contributed by atoms with van der Waals surface area (Å²) in [5, 5.41) is 0. The van der Waals surface area contributed by atoms with Crippen molar-refractivity contribution in [2.45, 2.75) is 25.0 Å². The van der Waals surface area contributed by atoms with Crippen molar-refractivity contribution in [3.05, 3.63) is 114 Å². The maximum Gasteiger partial charge on any atom is 0.106 e. The molecule has 0 spiro atoms. The lowest BCUT2D eigenvalue weighted by Crippen LogP contribution is -2.48. The molecule has 0 radical (unpaired) electrons. The molecular formula is C29H33N3O. The van der Waals surface area contributed by atoms with E-state index in [1.807, 2.05) is 6.07 Å². The molecule has 1 atom stereocenters. The molecule has 33 heavy (non-hydrogen) atoms. The normalized spacial score (nSPS) is 19.4. The summed E-state index contributed by atoms with van der Waals surface area (Å²) in [6, 6.07) is 32.6. The first kappa shape index (κ1) is 21.9. The van der Waals surface area contributed by atoms with Crippen LogP contribution in [0.1, 0.15) is 35.6 Å². The van der Waals surface area contributed by atoms with E-state index in [0.29, 0.717) is 6.04 Å². The number of hydrogen-bond donors (Lipinski definition) is 1. The van der Waals surface area contributed by atoms with Gasteiger partial charge in [-0.3, -0.25) is 15.2 Å². The molecule has 170 valence electrons. The van der Waals surface area contributed by atoms with Crippen molar-refractivity contribution in [2.75, 3.05) is 32.7 Å². The summed E-state index contributed by atoms with van der Waals surface area (Å²) in [7, 11) is 0. The summed E-state index contributed by atoms with van der Waals surface area (Å²) < 4.78 is 0. The molecule has 2 aliphatic heterocycles. The Bertz CT molecular complexity index is 975. The van der Waals surface area contributed by atoms with Crippen LogP contribution in [-0.4, -0.2) is 48.6 Å². The van der Waals surface area contributed by atoms with Gasteiger partial charge in [0.15, 0.2) is 0 Å². The highest BCUT2D eigenvalue weighted by molar-refractivity contribution is 5.64. The third-order valence-corrected chi connectivity index (χ3v) is 6.72. The lowest BCUT2D eigenvalue weighted by atomic mass is 9.96. The third-order valence-electron chi connectivity index (χ3n) is 6.72. The van der Waals surface area contributed by atoms with E-state index in [1.54, 1.807) is 0 Å². The number of rotatable bonds is 8. The zero-order chi connectivity index (χ0) is 22.3. The highest BCUT2D eigenvalue weighted by Gasteiger charge is 2.26. The fourth-order valence-corrected chi connectivity index (χ4v) is 4.95. The molecular weight excluding hydrogens is 406 g/mol. The van der Waals surface area contributed by atoms with Crippen molar-refractivity contribution >= 4 is 5.70 Å². The van der Waals surface area contributed by atoms with Crippen LogP contribution in [0.2, 0.25) is 0 Å². The van der Waals surface area contributed by atoms with Crippen LogP contribution in [0.4, 0.5) is 0 Å². The third kappa shape index (κ3) is 5.53. The van der Waals surface area contributed by atoms with Gasteiger partial charge in [-0.2, -0.15) is 0 Å². The van der Waals surface area contributed by atoms with Crippen LogP contribution >= 0.6 is 0 Å². The van der Waals surface area contributed by atoms with Gasteiger partial charge in [-0.1, -0.05) is 91.0 Å². The lowest BCUT2D eigenvalue weighted by molar-refractivity contribution is 0.0418. The van der Waals surface area contributed by atoms with E-state index >= 15 is 0 Å². The van der Waals surface area contributed by atoms with E-state index in [1.165, 1.54) is 16.7 Å². The number of piperazine rings is 1. The monoisotopic (exact) mass is 439 g/mol. The smallest absolute Gasteiger partial charge is 0.106 e. The average Bonchev–Trinajstić information content (AvgIpc) is 3.36. The Labute approximate surface area is 197 Å². The van der Waals surface area contributed by atoms with Gasteiger partial charge in [-0.15, -0.1) is 0 Å². The molecule has 4 nitrogen and oxygen atoms in total. The van der Waals surface area contributed by atoms with E-state index in [9.17, 15) is 0 Å². The minimum Gasteiger partial charge on any atom is -0.301 e.